The third-order valence-electron chi connectivity index (χ3n) is 2.10. The lowest BCUT2D eigenvalue weighted by atomic mass is 10.1. The van der Waals surface area contributed by atoms with E-state index in [1.807, 2.05) is 0 Å². The first-order valence-electron chi connectivity index (χ1n) is 5.21. The van der Waals surface area contributed by atoms with E-state index in [1.165, 1.54) is 11.0 Å². The summed E-state index contributed by atoms with van der Waals surface area (Å²) in [6.07, 6.45) is 1.23. The minimum atomic E-state index is -0.874. The molecule has 15 heavy (non-hydrogen) atoms. The van der Waals surface area contributed by atoms with Crippen molar-refractivity contribution in [2.75, 3.05) is 19.7 Å². The van der Waals surface area contributed by atoms with Crippen LogP contribution in [0.3, 0.4) is 0 Å². The molecule has 0 heterocycles. The Morgan fingerprint density at radius 1 is 1.53 bits per heavy atom. The molecule has 0 spiro atoms. The summed E-state index contributed by atoms with van der Waals surface area (Å²) >= 11 is 0. The fraction of sp³-hybridized carbons (Fsp3) is 0.727. The highest BCUT2D eigenvalue weighted by Gasteiger charge is 2.14. The summed E-state index contributed by atoms with van der Waals surface area (Å²) in [6.45, 7) is 7.96. The third-order valence-corrected chi connectivity index (χ3v) is 2.10. The van der Waals surface area contributed by atoms with Crippen LogP contribution < -0.4 is 0 Å². The molecule has 88 valence electrons. The van der Waals surface area contributed by atoms with E-state index in [4.69, 9.17) is 5.11 Å². The minimum Gasteiger partial charge on any atom is -0.394 e. The van der Waals surface area contributed by atoms with Crippen LogP contribution in [0.15, 0.2) is 12.7 Å². The zero-order chi connectivity index (χ0) is 11.8. The standard InChI is InChI=1S/C11H21NO3/c1-4-11(15)12(6-5-9(2)3)7-10(14)8-13/h4,9-10,13-14H,1,5-8H2,2-3H3. The molecule has 0 rings (SSSR count). The van der Waals surface area contributed by atoms with E-state index in [9.17, 15) is 9.90 Å². The molecule has 0 radical (unpaired) electrons. The predicted molar refractivity (Wildman–Crippen MR) is 59.3 cm³/mol. The van der Waals surface area contributed by atoms with Crippen molar-refractivity contribution < 1.29 is 15.0 Å². The van der Waals surface area contributed by atoms with E-state index in [-0.39, 0.29) is 19.1 Å². The number of nitrogens with zero attached hydrogens (tertiary/aromatic N) is 1. The first-order valence-corrected chi connectivity index (χ1v) is 5.21. The number of hydrogen-bond acceptors (Lipinski definition) is 3. The third kappa shape index (κ3) is 6.25. The molecule has 4 nitrogen and oxygen atoms in total. The lowest BCUT2D eigenvalue weighted by Crippen LogP contribution is -2.38. The SMILES string of the molecule is C=CC(=O)N(CCC(C)C)CC(O)CO. The second-order valence-corrected chi connectivity index (χ2v) is 4.01. The number of rotatable bonds is 7. The Bertz CT molecular complexity index is 204. The molecular weight excluding hydrogens is 194 g/mol. The highest BCUT2D eigenvalue weighted by atomic mass is 16.3. The summed E-state index contributed by atoms with van der Waals surface area (Å²) in [7, 11) is 0. The lowest BCUT2D eigenvalue weighted by molar-refractivity contribution is -0.127. The first-order chi connectivity index (χ1) is 7.01. The Morgan fingerprint density at radius 3 is 2.53 bits per heavy atom. The molecule has 0 saturated heterocycles. The number of aliphatic hydroxyl groups is 2. The monoisotopic (exact) mass is 215 g/mol. The molecule has 1 unspecified atom stereocenters. The largest absolute Gasteiger partial charge is 0.394 e. The van der Waals surface area contributed by atoms with Gasteiger partial charge in [-0.2, -0.15) is 0 Å². The summed E-state index contributed by atoms with van der Waals surface area (Å²) in [4.78, 5) is 12.9. The molecule has 4 heteroatoms. The summed E-state index contributed by atoms with van der Waals surface area (Å²) < 4.78 is 0. The number of carbonyl (C=O) groups excluding carboxylic acids is 1. The first kappa shape index (κ1) is 14.1. The number of carbonyl (C=O) groups is 1. The fourth-order valence-corrected chi connectivity index (χ4v) is 1.15. The van der Waals surface area contributed by atoms with Crippen LogP contribution in [0, 0.1) is 5.92 Å². The van der Waals surface area contributed by atoms with Gasteiger partial charge in [-0.1, -0.05) is 20.4 Å². The molecule has 0 aliphatic rings. The van der Waals surface area contributed by atoms with Crippen molar-refractivity contribution in [3.05, 3.63) is 12.7 Å². The van der Waals surface area contributed by atoms with Crippen LogP contribution in [0.2, 0.25) is 0 Å². The van der Waals surface area contributed by atoms with Crippen LogP contribution in [0.4, 0.5) is 0 Å². The molecule has 0 bridgehead atoms. The highest BCUT2D eigenvalue weighted by molar-refractivity contribution is 5.86. The maximum Gasteiger partial charge on any atom is 0.246 e. The van der Waals surface area contributed by atoms with Gasteiger partial charge in [0.25, 0.3) is 0 Å². The van der Waals surface area contributed by atoms with Crippen molar-refractivity contribution in [3.8, 4) is 0 Å². The van der Waals surface area contributed by atoms with Crippen molar-refractivity contribution in [3.63, 3.8) is 0 Å². The Kier molecular flexibility index (Phi) is 6.99. The van der Waals surface area contributed by atoms with Gasteiger partial charge in [-0.05, 0) is 18.4 Å². The maximum absolute atomic E-state index is 11.4. The van der Waals surface area contributed by atoms with Crippen molar-refractivity contribution >= 4 is 5.91 Å². The van der Waals surface area contributed by atoms with Gasteiger partial charge in [0, 0.05) is 13.1 Å². The summed E-state index contributed by atoms with van der Waals surface area (Å²) in [6, 6.07) is 0. The van der Waals surface area contributed by atoms with Crippen LogP contribution >= 0.6 is 0 Å². The van der Waals surface area contributed by atoms with Gasteiger partial charge in [0.2, 0.25) is 5.91 Å². The van der Waals surface area contributed by atoms with E-state index in [0.717, 1.165) is 6.42 Å². The Morgan fingerprint density at radius 2 is 2.13 bits per heavy atom. The van der Waals surface area contributed by atoms with E-state index < -0.39 is 6.10 Å². The van der Waals surface area contributed by atoms with Crippen LogP contribution in [-0.2, 0) is 4.79 Å². The molecule has 0 aliphatic heterocycles. The normalized spacial score (nSPS) is 12.6. The molecule has 0 aromatic rings. The Hall–Kier alpha value is -0.870. The second-order valence-electron chi connectivity index (χ2n) is 4.01. The number of amides is 1. The van der Waals surface area contributed by atoms with Crippen LogP contribution in [0.1, 0.15) is 20.3 Å². The molecule has 1 amide bonds. The van der Waals surface area contributed by atoms with Crippen molar-refractivity contribution in [2.24, 2.45) is 5.92 Å². The quantitative estimate of drug-likeness (QED) is 0.604. The molecule has 0 aliphatic carbocycles. The molecule has 1 atom stereocenters. The van der Waals surface area contributed by atoms with Gasteiger partial charge >= 0.3 is 0 Å². The molecule has 0 fully saturated rings. The zero-order valence-electron chi connectivity index (χ0n) is 9.52. The molecule has 0 aromatic heterocycles. The van der Waals surface area contributed by atoms with Crippen molar-refractivity contribution in [1.82, 2.24) is 4.90 Å². The van der Waals surface area contributed by atoms with E-state index in [2.05, 4.69) is 20.4 Å². The average molecular weight is 215 g/mol. The van der Waals surface area contributed by atoms with Gasteiger partial charge < -0.3 is 15.1 Å². The Labute approximate surface area is 91.2 Å². The number of hydrogen-bond donors (Lipinski definition) is 2. The molecular formula is C11H21NO3. The Balaban J connectivity index is 4.18. The lowest BCUT2D eigenvalue weighted by Gasteiger charge is -2.24. The van der Waals surface area contributed by atoms with Gasteiger partial charge in [0.1, 0.15) is 0 Å². The maximum atomic E-state index is 11.4. The van der Waals surface area contributed by atoms with Crippen LogP contribution in [-0.4, -0.2) is 46.8 Å². The minimum absolute atomic E-state index is 0.161. The van der Waals surface area contributed by atoms with E-state index in [1.54, 1.807) is 0 Å². The summed E-state index contributed by atoms with van der Waals surface area (Å²) in [5.74, 6) is 0.291. The van der Waals surface area contributed by atoms with E-state index in [0.29, 0.717) is 12.5 Å². The predicted octanol–water partition coefficient (Wildman–Crippen LogP) is 0.400. The summed E-state index contributed by atoms with van der Waals surface area (Å²) in [5.41, 5.74) is 0. The van der Waals surface area contributed by atoms with Crippen molar-refractivity contribution in [1.29, 1.82) is 0 Å². The molecule has 2 N–H and O–H groups in total. The topological polar surface area (TPSA) is 60.8 Å². The van der Waals surface area contributed by atoms with Gasteiger partial charge in [-0.25, -0.2) is 0 Å². The molecule has 0 saturated carbocycles. The van der Waals surface area contributed by atoms with Gasteiger partial charge in [-0.3, -0.25) is 4.79 Å². The smallest absolute Gasteiger partial charge is 0.246 e. The number of aliphatic hydroxyl groups excluding tert-OH is 2. The van der Waals surface area contributed by atoms with Gasteiger partial charge in [0.05, 0.1) is 12.7 Å². The summed E-state index contributed by atoms with van der Waals surface area (Å²) in [5, 5.41) is 18.0. The van der Waals surface area contributed by atoms with E-state index >= 15 is 0 Å². The van der Waals surface area contributed by atoms with Gasteiger partial charge in [0.15, 0.2) is 0 Å². The molecule has 0 aromatic carbocycles. The van der Waals surface area contributed by atoms with Gasteiger partial charge in [-0.15, -0.1) is 0 Å². The van der Waals surface area contributed by atoms with Crippen LogP contribution in [0.25, 0.3) is 0 Å². The second kappa shape index (κ2) is 7.43. The highest BCUT2D eigenvalue weighted by Crippen LogP contribution is 2.03. The van der Waals surface area contributed by atoms with Crippen molar-refractivity contribution in [2.45, 2.75) is 26.4 Å². The average Bonchev–Trinajstić information content (AvgIpc) is 2.22. The van der Waals surface area contributed by atoms with Crippen LogP contribution in [0.5, 0.6) is 0 Å². The zero-order valence-corrected chi connectivity index (χ0v) is 9.52. The fourth-order valence-electron chi connectivity index (χ4n) is 1.15.